The van der Waals surface area contributed by atoms with Crippen LogP contribution in [0.15, 0.2) is 115 Å². The third-order valence-electron chi connectivity index (χ3n) is 12.2. The Balaban J connectivity index is 0.000000204. The standard InChI is InChI=1S/C22H24FN5O.C17H22N4O2.C10H16N2O2.C7H8N2O.CH2O2/c23-18-10-5-4-9-16(18)13-17(24)14-20(29)28-12-6-11-19(28)22-25-21(26-27-22)15-7-2-1-3-8-15;1-17(2,3)23-16(22)21-11-7-10-13(21)15-18-14(19-20-15)12-8-5-4-6-9-12;1-10(2,3)14-9(13)12-6-4-5-8(12)7-11;8-9-7(10)6-4-2-1-3-5-6;2-1-3/h1-5,7-10,17,19H,6,11-14,24H2,(H,25,26,27);4-6,8-9,13H,7,10-11H2,1-3H3,(H,18,19,20);8H,4-6H2,1-3H3;1-5H,8H2,(H,9,10);1H,(H,2,3)/t17-,19+;13-;8-;;/m100../s1. The molecule has 6 aromatic rings. The molecule has 2 aromatic heterocycles. The van der Waals surface area contributed by atoms with E-state index in [-0.39, 0.29) is 60.8 Å². The van der Waals surface area contributed by atoms with E-state index >= 15 is 0 Å². The van der Waals surface area contributed by atoms with Crippen molar-refractivity contribution in [3.63, 3.8) is 0 Å². The van der Waals surface area contributed by atoms with Crippen molar-refractivity contribution in [2.75, 3.05) is 19.6 Å². The number of nitrogens with zero attached hydrogens (tertiary/aromatic N) is 8. The largest absolute Gasteiger partial charge is 0.483 e. The molecule has 420 valence electrons. The van der Waals surface area contributed by atoms with Gasteiger partial charge in [0.15, 0.2) is 11.6 Å². The van der Waals surface area contributed by atoms with E-state index in [1.165, 1.54) is 11.0 Å². The number of rotatable bonds is 9. The number of carbonyl (C=O) groups excluding carboxylic acids is 4. The minimum atomic E-state index is -0.499. The third kappa shape index (κ3) is 19.1. The molecule has 4 atom stereocenters. The summed E-state index contributed by atoms with van der Waals surface area (Å²) in [5.74, 6) is 7.00. The number of nitrogens with one attached hydrogen (secondary N) is 3. The van der Waals surface area contributed by atoms with E-state index in [2.05, 4.69) is 36.4 Å². The molecular weight excluding hydrogens is 1010 g/mol. The average molecular weight is 1090 g/mol. The lowest BCUT2D eigenvalue weighted by molar-refractivity contribution is -0.132. The van der Waals surface area contributed by atoms with Crippen molar-refractivity contribution in [2.24, 2.45) is 11.6 Å². The predicted molar refractivity (Wildman–Crippen MR) is 293 cm³/mol. The van der Waals surface area contributed by atoms with E-state index in [0.29, 0.717) is 60.5 Å². The van der Waals surface area contributed by atoms with Crippen LogP contribution in [0.1, 0.15) is 126 Å². The molecule has 9 rings (SSSR count). The van der Waals surface area contributed by atoms with Crippen LogP contribution in [0.3, 0.4) is 0 Å². The summed E-state index contributed by atoms with van der Waals surface area (Å²) < 4.78 is 24.5. The first-order chi connectivity index (χ1) is 37.7. The zero-order valence-electron chi connectivity index (χ0n) is 45.5. The van der Waals surface area contributed by atoms with Crippen molar-refractivity contribution >= 4 is 30.5 Å². The Bertz CT molecular complexity index is 2910. The number of aromatic amines is 2. The summed E-state index contributed by atoms with van der Waals surface area (Å²) >= 11 is 0. The van der Waals surface area contributed by atoms with Crippen LogP contribution in [-0.2, 0) is 25.5 Å². The molecule has 3 aliphatic heterocycles. The third-order valence-corrected chi connectivity index (χ3v) is 12.2. The van der Waals surface area contributed by atoms with Crippen LogP contribution in [0.4, 0.5) is 14.0 Å². The summed E-state index contributed by atoms with van der Waals surface area (Å²) in [5.41, 5.74) is 10.2. The quantitative estimate of drug-likeness (QED) is 0.0341. The first-order valence-electron chi connectivity index (χ1n) is 26.0. The van der Waals surface area contributed by atoms with E-state index in [1.54, 1.807) is 47.4 Å². The molecule has 22 heteroatoms. The Hall–Kier alpha value is -8.55. The second-order valence-corrected chi connectivity index (χ2v) is 20.6. The number of halogens is 1. The molecule has 79 heavy (non-hydrogen) atoms. The van der Waals surface area contributed by atoms with Crippen molar-refractivity contribution in [2.45, 2.75) is 128 Å². The highest BCUT2D eigenvalue weighted by Crippen LogP contribution is 2.33. The number of aromatic nitrogens is 6. The Morgan fingerprint density at radius 3 is 1.63 bits per heavy atom. The van der Waals surface area contributed by atoms with Crippen LogP contribution in [0.25, 0.3) is 22.8 Å². The van der Waals surface area contributed by atoms with Gasteiger partial charge in [-0.15, -0.1) is 0 Å². The van der Waals surface area contributed by atoms with Crippen molar-refractivity contribution in [3.05, 3.63) is 144 Å². The van der Waals surface area contributed by atoms with Gasteiger partial charge in [-0.1, -0.05) is 97.1 Å². The number of H-pyrrole nitrogens is 2. The number of hydrazine groups is 1. The molecule has 3 fully saturated rings. The fraction of sp³-hybridized carbons (Fsp3) is 0.404. The number of amides is 4. The maximum Gasteiger partial charge on any atom is 0.411 e. The topological polar surface area (TPSA) is 305 Å². The minimum absolute atomic E-state index is 0.0333. The minimum Gasteiger partial charge on any atom is -0.483 e. The van der Waals surface area contributed by atoms with Crippen LogP contribution in [0.5, 0.6) is 0 Å². The lowest BCUT2D eigenvalue weighted by Gasteiger charge is -2.27. The number of hydrogen-bond donors (Lipinski definition) is 6. The molecule has 4 amide bonds. The molecule has 0 bridgehead atoms. The molecule has 0 spiro atoms. The van der Waals surface area contributed by atoms with Crippen LogP contribution in [-0.4, -0.2) is 124 Å². The van der Waals surface area contributed by atoms with Gasteiger partial charge in [-0.3, -0.25) is 39.8 Å². The zero-order valence-corrected chi connectivity index (χ0v) is 45.5. The van der Waals surface area contributed by atoms with E-state index in [9.17, 15) is 23.6 Å². The summed E-state index contributed by atoms with van der Waals surface area (Å²) in [6.07, 6.45) is 5.01. The molecule has 3 saturated heterocycles. The van der Waals surface area contributed by atoms with Crippen LogP contribution >= 0.6 is 0 Å². The van der Waals surface area contributed by atoms with Gasteiger partial charge >= 0.3 is 12.2 Å². The van der Waals surface area contributed by atoms with Gasteiger partial charge in [-0.05, 0) is 110 Å². The SMILES string of the molecule is CC(C)(C)OC(=O)N1CCC[C@H]1C#N.CC(C)(C)OC(=O)N1CCC[C@H]1c1nc(-c2ccccc2)n[nH]1.NNC(=O)c1ccccc1.N[C@@H](CC(=O)N1CCC[C@H]1c1nc(-c2ccccc2)n[nH]1)Cc1ccccc1F.O=CO. The van der Waals surface area contributed by atoms with Crippen molar-refractivity contribution in [1.29, 1.82) is 5.26 Å². The summed E-state index contributed by atoms with van der Waals surface area (Å²) in [7, 11) is 0. The summed E-state index contributed by atoms with van der Waals surface area (Å²) in [5, 5.41) is 30.2. The number of nitrogens with two attached hydrogens (primary N) is 2. The van der Waals surface area contributed by atoms with Crippen molar-refractivity contribution < 1.29 is 42.9 Å². The van der Waals surface area contributed by atoms with Gasteiger partial charge in [0.05, 0.1) is 18.2 Å². The Kier molecular flexibility index (Phi) is 23.1. The molecule has 0 unspecified atom stereocenters. The number of likely N-dealkylation sites (tertiary alicyclic amines) is 3. The van der Waals surface area contributed by atoms with Gasteiger partial charge in [-0.2, -0.15) is 15.5 Å². The second-order valence-electron chi connectivity index (χ2n) is 20.6. The van der Waals surface area contributed by atoms with Gasteiger partial charge in [0.2, 0.25) is 5.91 Å². The lowest BCUT2D eigenvalue weighted by atomic mass is 10.0. The van der Waals surface area contributed by atoms with Gasteiger partial charge in [0.25, 0.3) is 12.4 Å². The van der Waals surface area contributed by atoms with E-state index in [1.807, 2.05) is 119 Å². The number of benzene rings is 4. The molecular formula is C57H72FN13O8. The second kappa shape index (κ2) is 29.8. The summed E-state index contributed by atoms with van der Waals surface area (Å²) in [6, 6.07) is 36.0. The van der Waals surface area contributed by atoms with Crippen molar-refractivity contribution in [3.8, 4) is 28.8 Å². The van der Waals surface area contributed by atoms with E-state index in [0.717, 1.165) is 49.7 Å². The van der Waals surface area contributed by atoms with E-state index in [4.69, 9.17) is 36.2 Å². The monoisotopic (exact) mass is 1090 g/mol. The fourth-order valence-corrected chi connectivity index (χ4v) is 8.69. The number of carboxylic acid groups (broad SMARTS) is 1. The van der Waals surface area contributed by atoms with Crippen LogP contribution in [0, 0.1) is 17.1 Å². The molecule has 0 aliphatic carbocycles. The van der Waals surface area contributed by atoms with Crippen LogP contribution in [0.2, 0.25) is 0 Å². The summed E-state index contributed by atoms with van der Waals surface area (Å²) in [4.78, 5) is 70.2. The number of carbonyl (C=O) groups is 5. The average Bonchev–Trinajstić information content (AvgIpc) is 4.33. The highest BCUT2D eigenvalue weighted by atomic mass is 19.1. The molecule has 0 radical (unpaired) electrons. The lowest BCUT2D eigenvalue weighted by Crippen LogP contribution is -2.39. The maximum atomic E-state index is 13.8. The molecule has 8 N–H and O–H groups in total. The molecule has 3 aliphatic rings. The summed E-state index contributed by atoms with van der Waals surface area (Å²) in [6.45, 7) is 12.8. The number of ether oxygens (including phenoxy) is 2. The van der Waals surface area contributed by atoms with Crippen LogP contribution < -0.4 is 17.0 Å². The van der Waals surface area contributed by atoms with Gasteiger partial charge in [0, 0.05) is 48.8 Å². The first kappa shape index (κ1) is 61.3. The first-order valence-corrected chi connectivity index (χ1v) is 26.0. The molecule has 5 heterocycles. The van der Waals surface area contributed by atoms with Crippen molar-refractivity contribution in [1.82, 2.24) is 50.5 Å². The normalized spacial score (nSPS) is 16.9. The highest BCUT2D eigenvalue weighted by molar-refractivity contribution is 5.93. The fourth-order valence-electron chi connectivity index (χ4n) is 8.69. The molecule has 0 saturated carbocycles. The smallest absolute Gasteiger partial charge is 0.411 e. The maximum absolute atomic E-state index is 13.8. The Morgan fingerprint density at radius 2 is 1.15 bits per heavy atom. The van der Waals surface area contributed by atoms with E-state index < -0.39 is 17.2 Å². The molecule has 21 nitrogen and oxygen atoms in total. The van der Waals surface area contributed by atoms with Gasteiger partial charge < -0.3 is 25.2 Å². The zero-order chi connectivity index (χ0) is 57.5. The van der Waals surface area contributed by atoms with Gasteiger partial charge in [-0.25, -0.2) is 29.8 Å². The highest BCUT2D eigenvalue weighted by Gasteiger charge is 2.36. The molecule has 4 aromatic carbocycles. The number of hydrogen-bond acceptors (Lipinski definition) is 14. The number of nitriles is 1. The van der Waals surface area contributed by atoms with Gasteiger partial charge in [0.1, 0.15) is 34.7 Å². The Labute approximate surface area is 459 Å². The Morgan fingerprint density at radius 1 is 0.722 bits per heavy atom. The predicted octanol–water partition coefficient (Wildman–Crippen LogP) is 8.68. The number of nitrogen functional groups attached to an aromatic ring is 1.